The van der Waals surface area contributed by atoms with Crippen LogP contribution >= 0.6 is 11.3 Å². The number of carbonyl (C=O) groups is 2. The molecule has 8 heteroatoms. The van der Waals surface area contributed by atoms with Gasteiger partial charge in [0.05, 0.1) is 0 Å². The smallest absolute Gasteiger partial charge is 0.329 e. The van der Waals surface area contributed by atoms with E-state index in [0.717, 1.165) is 37.1 Å². The molecular weight excluding hydrogens is 292 g/mol. The molecule has 116 valence electrons. The number of amides is 2. The summed E-state index contributed by atoms with van der Waals surface area (Å²) in [4.78, 5) is 23.7. The van der Waals surface area contributed by atoms with Gasteiger partial charge >= 0.3 is 12.0 Å². The summed E-state index contributed by atoms with van der Waals surface area (Å²) in [6.45, 7) is 1.95. The third-order valence-corrected chi connectivity index (χ3v) is 4.69. The van der Waals surface area contributed by atoms with Crippen LogP contribution < -0.4 is 10.6 Å². The standard InChI is InChI=1S/C13H20N4O3S/c1-2-9-16-17-12(21-9)14-11(20)15-13(10(18)19)7-5-3-4-6-8-13/h2-8H2,1H3,(H,18,19)(H2,14,15,17,20). The number of urea groups is 1. The van der Waals surface area contributed by atoms with Crippen LogP contribution in [0.25, 0.3) is 0 Å². The van der Waals surface area contributed by atoms with E-state index in [9.17, 15) is 14.7 Å². The molecule has 1 aromatic rings. The molecule has 1 heterocycles. The molecule has 0 bridgehead atoms. The summed E-state index contributed by atoms with van der Waals surface area (Å²) in [6, 6.07) is -0.530. The number of hydrogen-bond acceptors (Lipinski definition) is 5. The highest BCUT2D eigenvalue weighted by atomic mass is 32.1. The Balaban J connectivity index is 2.02. The Morgan fingerprint density at radius 3 is 2.43 bits per heavy atom. The molecule has 21 heavy (non-hydrogen) atoms. The minimum Gasteiger partial charge on any atom is -0.480 e. The van der Waals surface area contributed by atoms with Crippen molar-refractivity contribution in [1.82, 2.24) is 15.5 Å². The molecule has 3 N–H and O–H groups in total. The first-order valence-corrected chi connectivity index (χ1v) is 8.02. The first kappa shape index (κ1) is 15.7. The van der Waals surface area contributed by atoms with Gasteiger partial charge in [0, 0.05) is 0 Å². The number of carbonyl (C=O) groups excluding carboxylic acids is 1. The number of aryl methyl sites for hydroxylation is 1. The Morgan fingerprint density at radius 1 is 1.24 bits per heavy atom. The van der Waals surface area contributed by atoms with Crippen LogP contribution in [0, 0.1) is 0 Å². The van der Waals surface area contributed by atoms with Crippen LogP contribution in [0.15, 0.2) is 0 Å². The van der Waals surface area contributed by atoms with Gasteiger partial charge in [-0.3, -0.25) is 5.32 Å². The van der Waals surface area contributed by atoms with E-state index in [1.54, 1.807) is 0 Å². The van der Waals surface area contributed by atoms with Gasteiger partial charge in [-0.25, -0.2) is 9.59 Å². The monoisotopic (exact) mass is 312 g/mol. The van der Waals surface area contributed by atoms with Gasteiger partial charge in [-0.1, -0.05) is 43.9 Å². The van der Waals surface area contributed by atoms with Crippen molar-refractivity contribution in [3.05, 3.63) is 5.01 Å². The maximum absolute atomic E-state index is 12.1. The quantitative estimate of drug-likeness (QED) is 0.741. The summed E-state index contributed by atoms with van der Waals surface area (Å²) in [6.07, 6.45) is 5.32. The summed E-state index contributed by atoms with van der Waals surface area (Å²) < 4.78 is 0. The lowest BCUT2D eigenvalue weighted by Gasteiger charge is -2.29. The average molecular weight is 312 g/mol. The Labute approximate surface area is 127 Å². The van der Waals surface area contributed by atoms with Gasteiger partial charge in [-0.05, 0) is 19.3 Å². The lowest BCUT2D eigenvalue weighted by molar-refractivity contribution is -0.145. The van der Waals surface area contributed by atoms with Gasteiger partial charge in [0.15, 0.2) is 0 Å². The molecule has 1 aromatic heterocycles. The summed E-state index contributed by atoms with van der Waals surface area (Å²) in [5, 5.41) is 23.7. The van der Waals surface area contributed by atoms with Crippen molar-refractivity contribution in [3.63, 3.8) is 0 Å². The minimum absolute atomic E-state index is 0.388. The molecule has 1 aliphatic carbocycles. The second-order valence-corrected chi connectivity index (χ2v) is 6.30. The number of nitrogens with one attached hydrogen (secondary N) is 2. The highest BCUT2D eigenvalue weighted by Crippen LogP contribution is 2.27. The van der Waals surface area contributed by atoms with Crippen LogP contribution in [0.5, 0.6) is 0 Å². The number of carboxylic acid groups (broad SMARTS) is 1. The molecule has 0 atom stereocenters. The van der Waals surface area contributed by atoms with Crippen molar-refractivity contribution in [1.29, 1.82) is 0 Å². The minimum atomic E-state index is -1.17. The second kappa shape index (κ2) is 6.84. The van der Waals surface area contributed by atoms with Gasteiger partial charge in [0.2, 0.25) is 5.13 Å². The molecule has 0 radical (unpaired) electrons. The molecular formula is C13H20N4O3S. The Morgan fingerprint density at radius 2 is 1.90 bits per heavy atom. The molecule has 2 rings (SSSR count). The van der Waals surface area contributed by atoms with E-state index in [1.807, 2.05) is 6.92 Å². The Kier molecular flexibility index (Phi) is 5.11. The fourth-order valence-corrected chi connectivity index (χ4v) is 3.19. The highest BCUT2D eigenvalue weighted by molar-refractivity contribution is 7.15. The summed E-state index contributed by atoms with van der Waals surface area (Å²) in [5.74, 6) is -0.967. The average Bonchev–Trinajstić information content (AvgIpc) is 2.75. The Hall–Kier alpha value is -1.70. The van der Waals surface area contributed by atoms with E-state index >= 15 is 0 Å². The van der Waals surface area contributed by atoms with E-state index in [0.29, 0.717) is 18.0 Å². The number of aromatic nitrogens is 2. The van der Waals surface area contributed by atoms with Gasteiger partial charge in [0.1, 0.15) is 10.5 Å². The summed E-state index contributed by atoms with van der Waals surface area (Å²) >= 11 is 1.29. The van der Waals surface area contributed by atoms with Crippen LogP contribution in [0.1, 0.15) is 50.5 Å². The molecule has 0 saturated heterocycles. The maximum Gasteiger partial charge on any atom is 0.329 e. The lowest BCUT2D eigenvalue weighted by Crippen LogP contribution is -2.55. The first-order valence-electron chi connectivity index (χ1n) is 7.21. The molecule has 1 saturated carbocycles. The fraction of sp³-hybridized carbons (Fsp3) is 0.692. The van der Waals surface area contributed by atoms with E-state index in [2.05, 4.69) is 20.8 Å². The topological polar surface area (TPSA) is 104 Å². The van der Waals surface area contributed by atoms with Crippen molar-refractivity contribution in [2.75, 3.05) is 5.32 Å². The molecule has 7 nitrogen and oxygen atoms in total. The number of rotatable bonds is 4. The summed E-state index contributed by atoms with van der Waals surface area (Å²) in [5.41, 5.74) is -1.17. The maximum atomic E-state index is 12.1. The predicted octanol–water partition coefficient (Wildman–Crippen LogP) is 2.40. The number of aliphatic carboxylic acids is 1. The first-order chi connectivity index (χ1) is 10.1. The van der Waals surface area contributed by atoms with Crippen molar-refractivity contribution in [2.24, 2.45) is 0 Å². The van der Waals surface area contributed by atoms with E-state index < -0.39 is 17.5 Å². The van der Waals surface area contributed by atoms with E-state index in [-0.39, 0.29) is 0 Å². The van der Waals surface area contributed by atoms with Crippen molar-refractivity contribution in [2.45, 2.75) is 57.4 Å². The van der Waals surface area contributed by atoms with E-state index in [4.69, 9.17) is 0 Å². The lowest BCUT2D eigenvalue weighted by atomic mass is 9.90. The zero-order chi connectivity index (χ0) is 15.3. The fourth-order valence-electron chi connectivity index (χ4n) is 2.52. The van der Waals surface area contributed by atoms with Crippen LogP contribution in [-0.4, -0.2) is 32.8 Å². The third kappa shape index (κ3) is 3.90. The second-order valence-electron chi connectivity index (χ2n) is 5.24. The molecule has 1 fully saturated rings. The highest BCUT2D eigenvalue weighted by Gasteiger charge is 2.40. The van der Waals surface area contributed by atoms with Gasteiger partial charge in [-0.15, -0.1) is 10.2 Å². The number of nitrogens with zero attached hydrogens (tertiary/aromatic N) is 2. The molecule has 0 spiro atoms. The largest absolute Gasteiger partial charge is 0.480 e. The van der Waals surface area contributed by atoms with Crippen molar-refractivity contribution in [3.8, 4) is 0 Å². The van der Waals surface area contributed by atoms with Crippen LogP contribution in [0.3, 0.4) is 0 Å². The van der Waals surface area contributed by atoms with Crippen molar-refractivity contribution >= 4 is 28.5 Å². The molecule has 0 aromatic carbocycles. The molecule has 1 aliphatic rings. The zero-order valence-corrected chi connectivity index (χ0v) is 12.8. The van der Waals surface area contributed by atoms with Gasteiger partial charge < -0.3 is 10.4 Å². The normalized spacial score (nSPS) is 17.8. The van der Waals surface area contributed by atoms with Crippen molar-refractivity contribution < 1.29 is 14.7 Å². The van der Waals surface area contributed by atoms with E-state index in [1.165, 1.54) is 11.3 Å². The van der Waals surface area contributed by atoms with Crippen LogP contribution in [-0.2, 0) is 11.2 Å². The third-order valence-electron chi connectivity index (χ3n) is 3.71. The van der Waals surface area contributed by atoms with Gasteiger partial charge in [-0.2, -0.15) is 0 Å². The number of carboxylic acids is 1. The predicted molar refractivity (Wildman–Crippen MR) is 79.5 cm³/mol. The summed E-state index contributed by atoms with van der Waals surface area (Å²) in [7, 11) is 0. The van der Waals surface area contributed by atoms with Crippen LogP contribution in [0.4, 0.5) is 9.93 Å². The molecule has 0 unspecified atom stereocenters. The number of anilines is 1. The molecule has 0 aliphatic heterocycles. The van der Waals surface area contributed by atoms with Crippen LogP contribution in [0.2, 0.25) is 0 Å². The van der Waals surface area contributed by atoms with Gasteiger partial charge in [0.25, 0.3) is 0 Å². The zero-order valence-electron chi connectivity index (χ0n) is 12.0. The number of hydrogen-bond donors (Lipinski definition) is 3. The SMILES string of the molecule is CCc1nnc(NC(=O)NC2(C(=O)O)CCCCCC2)s1. The Bertz CT molecular complexity index is 509. The molecule has 2 amide bonds.